The van der Waals surface area contributed by atoms with Gasteiger partial charge in [0.1, 0.15) is 18.1 Å². The number of halogens is 2. The van der Waals surface area contributed by atoms with Crippen LogP contribution in [0, 0.1) is 17.3 Å². The molecule has 0 aliphatic heterocycles. The molecule has 3 saturated carbocycles. The molecule has 0 aromatic rings. The Morgan fingerprint density at radius 3 is 2.53 bits per heavy atom. The van der Waals surface area contributed by atoms with Crippen molar-refractivity contribution >= 4 is 18.0 Å². The van der Waals surface area contributed by atoms with E-state index in [0.29, 0.717) is 6.42 Å². The van der Waals surface area contributed by atoms with Crippen molar-refractivity contribution in [3.63, 3.8) is 0 Å². The van der Waals surface area contributed by atoms with E-state index in [9.17, 15) is 18.7 Å². The van der Waals surface area contributed by atoms with E-state index in [1.54, 1.807) is 0 Å². The lowest BCUT2D eigenvalue weighted by Crippen LogP contribution is -2.61. The maximum absolute atomic E-state index is 13.1. The molecule has 3 rings (SSSR count). The molecule has 0 aromatic carbocycles. The fourth-order valence-corrected chi connectivity index (χ4v) is 3.33. The molecule has 2 N–H and O–H groups in total. The molecule has 4 unspecified atom stereocenters. The number of hydrogen-bond donors (Lipinski definition) is 2. The van der Waals surface area contributed by atoms with Crippen LogP contribution in [0.1, 0.15) is 26.7 Å². The number of carbonyl (C=O) groups excluding carboxylic acids is 1. The van der Waals surface area contributed by atoms with Crippen LogP contribution >= 0.6 is 12.0 Å². The minimum Gasteiger partial charge on any atom is -0.454 e. The Kier molecular flexibility index (Phi) is 3.81. The molecule has 3 aliphatic carbocycles. The van der Waals surface area contributed by atoms with Crippen molar-refractivity contribution in [3.05, 3.63) is 0 Å². The number of rotatable bonds is 4. The lowest BCUT2D eigenvalue weighted by molar-refractivity contribution is -0.218. The highest BCUT2D eigenvalue weighted by molar-refractivity contribution is 7.96. The largest absolute Gasteiger partial charge is 0.454 e. The minimum atomic E-state index is -3.99. The molecule has 4 atom stereocenters. The van der Waals surface area contributed by atoms with Crippen molar-refractivity contribution in [1.29, 1.82) is 0 Å². The summed E-state index contributed by atoms with van der Waals surface area (Å²) in [5, 5.41) is 14.0. The van der Waals surface area contributed by atoms with E-state index in [2.05, 4.69) is 9.07 Å². The van der Waals surface area contributed by atoms with E-state index < -0.39 is 35.5 Å². The fraction of sp³-hybridized carbons (Fsp3) is 0.909. The van der Waals surface area contributed by atoms with Gasteiger partial charge in [0.25, 0.3) is 0 Å². The second-order valence-electron chi connectivity index (χ2n) is 5.71. The second kappa shape index (κ2) is 4.83. The SMILES string of the molecule is CC1(C)C2CC(OC(=O)C(F)(F)SOO)C(O)C1C2. The lowest BCUT2D eigenvalue weighted by atomic mass is 9.47. The average molecular weight is 298 g/mol. The van der Waals surface area contributed by atoms with E-state index in [0.717, 1.165) is 6.42 Å². The molecule has 8 heteroatoms. The molecule has 3 aliphatic rings. The van der Waals surface area contributed by atoms with E-state index in [1.165, 1.54) is 0 Å². The van der Waals surface area contributed by atoms with Gasteiger partial charge in [-0.25, -0.2) is 10.1 Å². The molecule has 0 radical (unpaired) electrons. The van der Waals surface area contributed by atoms with Gasteiger partial charge in [-0.2, -0.15) is 13.1 Å². The summed E-state index contributed by atoms with van der Waals surface area (Å²) in [5.74, 6) is -1.59. The van der Waals surface area contributed by atoms with Gasteiger partial charge >= 0.3 is 11.2 Å². The topological polar surface area (TPSA) is 76.0 Å². The van der Waals surface area contributed by atoms with Crippen LogP contribution in [0.4, 0.5) is 8.78 Å². The summed E-state index contributed by atoms with van der Waals surface area (Å²) < 4.78 is 34.0. The van der Waals surface area contributed by atoms with Crippen molar-refractivity contribution in [2.75, 3.05) is 0 Å². The van der Waals surface area contributed by atoms with Crippen molar-refractivity contribution in [3.8, 4) is 0 Å². The van der Waals surface area contributed by atoms with Crippen LogP contribution in [0.2, 0.25) is 0 Å². The molecule has 0 amide bonds. The van der Waals surface area contributed by atoms with Gasteiger partial charge in [-0.15, -0.1) is 0 Å². The summed E-state index contributed by atoms with van der Waals surface area (Å²) in [6, 6.07) is 0. The quantitative estimate of drug-likeness (QED) is 0.358. The van der Waals surface area contributed by atoms with Gasteiger partial charge in [-0.05, 0) is 30.1 Å². The molecular formula is C11H16F2O5S. The van der Waals surface area contributed by atoms with Crippen LogP contribution in [-0.2, 0) is 13.9 Å². The Labute approximate surface area is 113 Å². The van der Waals surface area contributed by atoms with E-state index in [4.69, 9.17) is 5.26 Å². The van der Waals surface area contributed by atoms with Crippen LogP contribution in [0.5, 0.6) is 0 Å². The molecule has 5 nitrogen and oxygen atoms in total. The highest BCUT2D eigenvalue weighted by Crippen LogP contribution is 2.59. The predicted molar refractivity (Wildman–Crippen MR) is 62.1 cm³/mol. The number of ether oxygens (including phenoxy) is 1. The predicted octanol–water partition coefficient (Wildman–Crippen LogP) is 2.06. The third-order valence-corrected chi connectivity index (χ3v) is 4.94. The number of aliphatic hydroxyl groups is 1. The number of carbonyl (C=O) groups is 1. The van der Waals surface area contributed by atoms with Gasteiger partial charge in [0.15, 0.2) is 0 Å². The van der Waals surface area contributed by atoms with E-state index >= 15 is 0 Å². The maximum Gasteiger partial charge on any atom is 0.415 e. The molecule has 19 heavy (non-hydrogen) atoms. The zero-order valence-corrected chi connectivity index (χ0v) is 11.3. The van der Waals surface area contributed by atoms with Gasteiger partial charge in [0.2, 0.25) is 0 Å². The Bertz CT molecular complexity index is 376. The third-order valence-electron chi connectivity index (χ3n) is 4.49. The zero-order valence-electron chi connectivity index (χ0n) is 10.5. The van der Waals surface area contributed by atoms with Gasteiger partial charge in [0, 0.05) is 0 Å². The molecule has 0 saturated heterocycles. The number of aliphatic hydroxyl groups excluding tert-OH is 1. The molecule has 2 bridgehead atoms. The summed E-state index contributed by atoms with van der Waals surface area (Å²) >= 11 is -0.691. The van der Waals surface area contributed by atoms with Gasteiger partial charge in [-0.1, -0.05) is 13.8 Å². The van der Waals surface area contributed by atoms with Gasteiger partial charge in [-0.3, -0.25) is 0 Å². The maximum atomic E-state index is 13.1. The first-order chi connectivity index (χ1) is 8.70. The highest BCUT2D eigenvalue weighted by Gasteiger charge is 2.59. The van der Waals surface area contributed by atoms with Crippen molar-refractivity contribution in [2.45, 2.75) is 44.2 Å². The van der Waals surface area contributed by atoms with Crippen LogP contribution < -0.4 is 0 Å². The molecule has 0 heterocycles. The summed E-state index contributed by atoms with van der Waals surface area (Å²) in [7, 11) is 0. The smallest absolute Gasteiger partial charge is 0.415 e. The van der Waals surface area contributed by atoms with Crippen molar-refractivity contribution in [2.24, 2.45) is 17.3 Å². The van der Waals surface area contributed by atoms with Crippen molar-refractivity contribution in [1.82, 2.24) is 0 Å². The van der Waals surface area contributed by atoms with E-state index in [-0.39, 0.29) is 17.3 Å². The number of hydrogen-bond acceptors (Lipinski definition) is 6. The first-order valence-electron chi connectivity index (χ1n) is 5.96. The Balaban J connectivity index is 1.97. The monoisotopic (exact) mass is 298 g/mol. The Hall–Kier alpha value is -0.440. The summed E-state index contributed by atoms with van der Waals surface area (Å²) in [4.78, 5) is 11.3. The summed E-state index contributed by atoms with van der Waals surface area (Å²) in [6.07, 6.45) is -0.654. The highest BCUT2D eigenvalue weighted by atomic mass is 32.2. The Morgan fingerprint density at radius 2 is 2.05 bits per heavy atom. The number of alkyl halides is 2. The van der Waals surface area contributed by atoms with Crippen LogP contribution in [-0.4, -0.2) is 33.8 Å². The number of fused-ring (bicyclic) bond motifs is 2. The lowest BCUT2D eigenvalue weighted by Gasteiger charge is -2.60. The first-order valence-corrected chi connectivity index (χ1v) is 6.70. The van der Waals surface area contributed by atoms with Crippen LogP contribution in [0.3, 0.4) is 0 Å². The number of esters is 1. The summed E-state index contributed by atoms with van der Waals surface area (Å²) in [6.45, 7) is 4.02. The van der Waals surface area contributed by atoms with Crippen LogP contribution in [0.25, 0.3) is 0 Å². The molecule has 3 fully saturated rings. The normalized spacial score (nSPS) is 36.5. The Morgan fingerprint density at radius 1 is 1.42 bits per heavy atom. The molecule has 0 spiro atoms. The molecular weight excluding hydrogens is 282 g/mol. The first kappa shape index (κ1) is 15.0. The van der Waals surface area contributed by atoms with Crippen molar-refractivity contribution < 1.29 is 33.0 Å². The minimum absolute atomic E-state index is 0.0422. The standard InChI is InChI=1S/C11H16F2O5S/c1-10(2)5-3-6(10)8(14)7(4-5)17-9(15)11(12,13)19-18-16/h5-8,14,16H,3-4H2,1-2H3. The van der Waals surface area contributed by atoms with Crippen LogP contribution in [0.15, 0.2) is 0 Å². The second-order valence-corrected chi connectivity index (χ2v) is 6.53. The zero-order chi connectivity index (χ0) is 14.4. The van der Waals surface area contributed by atoms with E-state index in [1.807, 2.05) is 13.8 Å². The molecule has 0 aromatic heterocycles. The average Bonchev–Trinajstić information content (AvgIpc) is 2.30. The third kappa shape index (κ3) is 2.46. The van der Waals surface area contributed by atoms with Gasteiger partial charge < -0.3 is 9.84 Å². The summed E-state index contributed by atoms with van der Waals surface area (Å²) in [5.41, 5.74) is -0.0478. The fourth-order valence-electron chi connectivity index (χ4n) is 3.12. The van der Waals surface area contributed by atoms with Gasteiger partial charge in [0.05, 0.1) is 6.10 Å². The molecule has 110 valence electrons.